The van der Waals surface area contributed by atoms with Crippen LogP contribution in [0.2, 0.25) is 0 Å². The molecule has 0 aliphatic carbocycles. The molecule has 1 aromatic heterocycles. The summed E-state index contributed by atoms with van der Waals surface area (Å²) in [5.41, 5.74) is 6.09. The Bertz CT molecular complexity index is 307. The Labute approximate surface area is 85.3 Å². The number of alkyl halides is 3. The Balaban J connectivity index is 2.64. The van der Waals surface area contributed by atoms with E-state index in [1.165, 1.54) is 6.20 Å². The van der Waals surface area contributed by atoms with Crippen molar-refractivity contribution in [3.63, 3.8) is 0 Å². The molecule has 1 rings (SSSR count). The van der Waals surface area contributed by atoms with Crippen LogP contribution in [0.25, 0.3) is 0 Å². The zero-order valence-corrected chi connectivity index (χ0v) is 8.33. The van der Waals surface area contributed by atoms with Crippen LogP contribution >= 0.6 is 0 Å². The molecule has 0 saturated carbocycles. The van der Waals surface area contributed by atoms with E-state index >= 15 is 0 Å². The maximum atomic E-state index is 12.0. The van der Waals surface area contributed by atoms with Gasteiger partial charge in [-0.3, -0.25) is 0 Å². The van der Waals surface area contributed by atoms with Crippen molar-refractivity contribution in [3.05, 3.63) is 11.9 Å². The molecule has 1 atom stereocenters. The fraction of sp³-hybridized carbons (Fsp3) is 0.750. The van der Waals surface area contributed by atoms with E-state index in [0.29, 0.717) is 12.1 Å². The van der Waals surface area contributed by atoms with Gasteiger partial charge in [-0.15, -0.1) is 5.10 Å². The number of nitrogens with two attached hydrogens (primary N) is 1. The first kappa shape index (κ1) is 12.0. The van der Waals surface area contributed by atoms with Gasteiger partial charge in [-0.05, 0) is 6.42 Å². The van der Waals surface area contributed by atoms with Gasteiger partial charge < -0.3 is 5.73 Å². The highest BCUT2D eigenvalue weighted by molar-refractivity contribution is 4.99. The topological polar surface area (TPSA) is 56.7 Å². The van der Waals surface area contributed by atoms with E-state index in [4.69, 9.17) is 5.73 Å². The van der Waals surface area contributed by atoms with Crippen LogP contribution in [0.1, 0.15) is 31.5 Å². The van der Waals surface area contributed by atoms with Gasteiger partial charge in [0.15, 0.2) is 0 Å². The Morgan fingerprint density at radius 3 is 2.73 bits per heavy atom. The highest BCUT2D eigenvalue weighted by Crippen LogP contribution is 2.18. The summed E-state index contributed by atoms with van der Waals surface area (Å²) in [6.45, 7) is 0.818. The van der Waals surface area contributed by atoms with E-state index in [9.17, 15) is 13.2 Å². The average Bonchev–Trinajstić information content (AvgIpc) is 2.50. The van der Waals surface area contributed by atoms with Crippen molar-refractivity contribution in [2.75, 3.05) is 0 Å². The van der Waals surface area contributed by atoms with Crippen LogP contribution < -0.4 is 5.73 Å². The molecule has 7 heteroatoms. The van der Waals surface area contributed by atoms with Crippen LogP contribution in [-0.2, 0) is 6.54 Å². The zero-order chi connectivity index (χ0) is 11.5. The summed E-state index contributed by atoms with van der Waals surface area (Å²) in [4.78, 5) is 0. The third-order valence-electron chi connectivity index (χ3n) is 1.88. The smallest absolute Gasteiger partial charge is 0.323 e. The van der Waals surface area contributed by atoms with Gasteiger partial charge in [0, 0.05) is 0 Å². The lowest BCUT2D eigenvalue weighted by atomic mass is 10.1. The lowest BCUT2D eigenvalue weighted by Gasteiger charge is -2.05. The summed E-state index contributed by atoms with van der Waals surface area (Å²) in [6.07, 6.45) is -1.49. The molecule has 0 radical (unpaired) electrons. The van der Waals surface area contributed by atoms with Gasteiger partial charge in [-0.1, -0.05) is 18.6 Å². The van der Waals surface area contributed by atoms with E-state index < -0.39 is 12.7 Å². The fourth-order valence-corrected chi connectivity index (χ4v) is 1.20. The average molecular weight is 222 g/mol. The molecule has 0 aliphatic heterocycles. The molecule has 0 saturated heterocycles. The Morgan fingerprint density at radius 2 is 2.20 bits per heavy atom. The molecule has 0 bridgehead atoms. The van der Waals surface area contributed by atoms with Gasteiger partial charge in [0.05, 0.1) is 17.9 Å². The first-order valence-corrected chi connectivity index (χ1v) is 4.64. The predicted octanol–water partition coefficient (Wildman–Crippen LogP) is 1.64. The third kappa shape index (κ3) is 3.86. The molecular weight excluding hydrogens is 209 g/mol. The molecule has 15 heavy (non-hydrogen) atoms. The molecule has 1 unspecified atom stereocenters. The van der Waals surface area contributed by atoms with E-state index in [0.717, 1.165) is 11.1 Å². The third-order valence-corrected chi connectivity index (χ3v) is 1.88. The van der Waals surface area contributed by atoms with Crippen molar-refractivity contribution in [3.8, 4) is 0 Å². The van der Waals surface area contributed by atoms with Crippen LogP contribution in [0.3, 0.4) is 0 Å². The first-order valence-electron chi connectivity index (χ1n) is 4.64. The first-order chi connectivity index (χ1) is 6.92. The van der Waals surface area contributed by atoms with Crippen molar-refractivity contribution in [1.82, 2.24) is 15.0 Å². The summed E-state index contributed by atoms with van der Waals surface area (Å²) >= 11 is 0. The van der Waals surface area contributed by atoms with Crippen LogP contribution in [0.15, 0.2) is 6.20 Å². The highest BCUT2D eigenvalue weighted by atomic mass is 19.4. The van der Waals surface area contributed by atoms with E-state index in [1.807, 2.05) is 6.92 Å². The number of rotatable bonds is 4. The van der Waals surface area contributed by atoms with Crippen LogP contribution in [0.5, 0.6) is 0 Å². The van der Waals surface area contributed by atoms with E-state index in [2.05, 4.69) is 10.3 Å². The molecule has 0 aliphatic rings. The normalized spacial score (nSPS) is 14.2. The number of hydrogen-bond donors (Lipinski definition) is 1. The minimum Gasteiger partial charge on any atom is -0.323 e. The molecule has 0 amide bonds. The van der Waals surface area contributed by atoms with Crippen LogP contribution in [0, 0.1) is 0 Å². The SMILES string of the molecule is CCCC(N)c1cn(CC(F)(F)F)nn1. The molecule has 0 aromatic carbocycles. The largest absolute Gasteiger partial charge is 0.408 e. The van der Waals surface area contributed by atoms with Gasteiger partial charge in [0.25, 0.3) is 0 Å². The van der Waals surface area contributed by atoms with Crippen LogP contribution in [-0.4, -0.2) is 21.2 Å². The predicted molar refractivity (Wildman–Crippen MR) is 47.9 cm³/mol. The molecule has 1 heterocycles. The molecule has 0 fully saturated rings. The van der Waals surface area contributed by atoms with Gasteiger partial charge >= 0.3 is 6.18 Å². The molecule has 0 spiro atoms. The maximum Gasteiger partial charge on any atom is 0.408 e. The number of hydrogen-bond acceptors (Lipinski definition) is 3. The summed E-state index contributed by atoms with van der Waals surface area (Å²) < 4.78 is 36.7. The minimum absolute atomic E-state index is 0.336. The maximum absolute atomic E-state index is 12.0. The van der Waals surface area contributed by atoms with Crippen molar-refractivity contribution in [2.45, 2.75) is 38.5 Å². The quantitative estimate of drug-likeness (QED) is 0.842. The molecule has 2 N–H and O–H groups in total. The summed E-state index contributed by atoms with van der Waals surface area (Å²) in [5.74, 6) is 0. The molecular formula is C8H13F3N4. The van der Waals surface area contributed by atoms with Crippen molar-refractivity contribution in [2.24, 2.45) is 5.73 Å². The molecule has 86 valence electrons. The Hall–Kier alpha value is -1.11. The van der Waals surface area contributed by atoms with E-state index in [1.54, 1.807) is 0 Å². The standard InChI is InChI=1S/C8H13F3N4/c1-2-3-6(12)7-4-15(14-13-7)5-8(9,10)11/h4,6H,2-3,5,12H2,1H3. The second kappa shape index (κ2) is 4.61. The molecule has 4 nitrogen and oxygen atoms in total. The lowest BCUT2D eigenvalue weighted by molar-refractivity contribution is -0.142. The van der Waals surface area contributed by atoms with Crippen molar-refractivity contribution >= 4 is 0 Å². The Morgan fingerprint density at radius 1 is 1.53 bits per heavy atom. The Kier molecular flexibility index (Phi) is 3.67. The number of nitrogens with zero attached hydrogens (tertiary/aromatic N) is 3. The summed E-state index contributed by atoms with van der Waals surface area (Å²) in [6, 6.07) is -0.336. The van der Waals surface area contributed by atoms with E-state index in [-0.39, 0.29) is 6.04 Å². The van der Waals surface area contributed by atoms with Crippen molar-refractivity contribution in [1.29, 1.82) is 0 Å². The monoisotopic (exact) mass is 222 g/mol. The van der Waals surface area contributed by atoms with Gasteiger partial charge in [-0.25, -0.2) is 4.68 Å². The highest BCUT2D eigenvalue weighted by Gasteiger charge is 2.28. The minimum atomic E-state index is -4.28. The van der Waals surface area contributed by atoms with Gasteiger partial charge in [0.1, 0.15) is 6.54 Å². The summed E-state index contributed by atoms with van der Waals surface area (Å²) in [7, 11) is 0. The lowest BCUT2D eigenvalue weighted by Crippen LogP contribution is -2.18. The van der Waals surface area contributed by atoms with Gasteiger partial charge in [-0.2, -0.15) is 13.2 Å². The number of aromatic nitrogens is 3. The second-order valence-corrected chi connectivity index (χ2v) is 3.35. The zero-order valence-electron chi connectivity index (χ0n) is 8.33. The van der Waals surface area contributed by atoms with Crippen LogP contribution in [0.4, 0.5) is 13.2 Å². The van der Waals surface area contributed by atoms with Crippen molar-refractivity contribution < 1.29 is 13.2 Å². The van der Waals surface area contributed by atoms with Gasteiger partial charge in [0.2, 0.25) is 0 Å². The fourth-order valence-electron chi connectivity index (χ4n) is 1.20. The number of halogens is 3. The second-order valence-electron chi connectivity index (χ2n) is 3.35. The summed E-state index contributed by atoms with van der Waals surface area (Å²) in [5, 5.41) is 6.98. The molecule has 1 aromatic rings.